The lowest BCUT2D eigenvalue weighted by atomic mass is 9.98. The molecule has 4 heteroatoms. The van der Waals surface area contributed by atoms with Crippen molar-refractivity contribution in [3.8, 4) is 56.4 Å². The van der Waals surface area contributed by atoms with Gasteiger partial charge in [-0.15, -0.1) is 0 Å². The summed E-state index contributed by atoms with van der Waals surface area (Å²) in [6, 6.07) is 69.9. The maximum atomic E-state index is 5.25. The molecular weight excluding hydrogens is 693 g/mol. The molecule has 0 radical (unpaired) electrons. The van der Waals surface area contributed by atoms with Gasteiger partial charge in [0.25, 0.3) is 0 Å². The number of fused-ring (bicyclic) bond motifs is 9. The number of nitrogens with zero attached hydrogens (tertiary/aromatic N) is 4. The normalized spacial score (nSPS) is 12.1. The average molecular weight is 727 g/mol. The Labute approximate surface area is 329 Å². The van der Waals surface area contributed by atoms with Gasteiger partial charge in [-0.2, -0.15) is 0 Å². The van der Waals surface area contributed by atoms with Crippen molar-refractivity contribution in [2.24, 2.45) is 0 Å². The largest absolute Gasteiger partial charge is 0.309 e. The molecule has 0 amide bonds. The van der Waals surface area contributed by atoms with Crippen LogP contribution in [0, 0.1) is 0 Å². The predicted octanol–water partition coefficient (Wildman–Crippen LogP) is 13.2. The summed E-state index contributed by atoms with van der Waals surface area (Å²) in [7, 11) is 0. The van der Waals surface area contributed by atoms with E-state index in [0.29, 0.717) is 0 Å². The highest BCUT2D eigenvalue weighted by atomic mass is 15.0. The van der Waals surface area contributed by atoms with Gasteiger partial charge in [0.1, 0.15) is 0 Å². The van der Waals surface area contributed by atoms with E-state index in [9.17, 15) is 0 Å². The molecule has 266 valence electrons. The van der Waals surface area contributed by atoms with Gasteiger partial charge >= 0.3 is 0 Å². The molecule has 3 aromatic heterocycles. The molecule has 57 heavy (non-hydrogen) atoms. The van der Waals surface area contributed by atoms with E-state index in [-0.39, 0.29) is 0 Å². The van der Waals surface area contributed by atoms with Crippen molar-refractivity contribution < 1.29 is 0 Å². The zero-order chi connectivity index (χ0) is 37.5. The maximum Gasteiger partial charge on any atom is 0.160 e. The van der Waals surface area contributed by atoms with Gasteiger partial charge in [0, 0.05) is 61.6 Å². The number of rotatable bonds is 5. The van der Waals surface area contributed by atoms with Crippen molar-refractivity contribution in [1.82, 2.24) is 19.1 Å². The van der Waals surface area contributed by atoms with E-state index in [4.69, 9.17) is 9.97 Å². The molecule has 0 unspecified atom stereocenters. The first-order valence-corrected chi connectivity index (χ1v) is 19.5. The lowest BCUT2D eigenvalue weighted by Crippen LogP contribution is -2.00. The standard InChI is InChI=1S/C53H34N4/c1-3-15-34(16-4-1)51-46-32-38-29-36(27-28-41(38)52(46)55-53(54-51)35-17-5-2-6-18-35)37-30-39(56-47-23-11-7-19-42(47)43-20-8-12-24-48(43)56)33-40(31-37)57-49-25-13-9-21-44(49)45-22-10-14-26-50(45)57/h1-31,33H,32H2. The molecule has 0 fully saturated rings. The zero-order valence-corrected chi connectivity index (χ0v) is 31.0. The summed E-state index contributed by atoms with van der Waals surface area (Å²) < 4.78 is 4.86. The highest BCUT2D eigenvalue weighted by Gasteiger charge is 2.27. The van der Waals surface area contributed by atoms with E-state index in [1.807, 2.05) is 6.07 Å². The van der Waals surface area contributed by atoms with E-state index in [1.165, 1.54) is 65.9 Å². The highest BCUT2D eigenvalue weighted by Crippen LogP contribution is 2.44. The Morgan fingerprint density at radius 3 is 1.33 bits per heavy atom. The number of hydrogen-bond acceptors (Lipinski definition) is 2. The Balaban J connectivity index is 1.09. The van der Waals surface area contributed by atoms with Crippen molar-refractivity contribution in [3.63, 3.8) is 0 Å². The number of hydrogen-bond donors (Lipinski definition) is 0. The van der Waals surface area contributed by atoms with Gasteiger partial charge in [-0.3, -0.25) is 0 Å². The van der Waals surface area contributed by atoms with Crippen molar-refractivity contribution in [1.29, 1.82) is 0 Å². The van der Waals surface area contributed by atoms with E-state index < -0.39 is 0 Å². The third-order valence-electron chi connectivity index (χ3n) is 11.7. The Hall–Kier alpha value is -7.56. The van der Waals surface area contributed by atoms with Crippen LogP contribution in [0.1, 0.15) is 11.1 Å². The van der Waals surface area contributed by atoms with Crippen LogP contribution in [0.4, 0.5) is 0 Å². The minimum Gasteiger partial charge on any atom is -0.309 e. The quantitative estimate of drug-likeness (QED) is 0.177. The van der Waals surface area contributed by atoms with Gasteiger partial charge in [-0.25, -0.2) is 9.97 Å². The monoisotopic (exact) mass is 726 g/mol. The van der Waals surface area contributed by atoms with Crippen molar-refractivity contribution in [2.75, 3.05) is 0 Å². The summed E-state index contributed by atoms with van der Waals surface area (Å²) in [6.45, 7) is 0. The summed E-state index contributed by atoms with van der Waals surface area (Å²) in [5.74, 6) is 0.750. The Morgan fingerprint density at radius 2 is 0.807 bits per heavy atom. The molecule has 0 bridgehead atoms. The number of para-hydroxylation sites is 4. The molecule has 8 aromatic carbocycles. The summed E-state index contributed by atoms with van der Waals surface area (Å²) in [5.41, 5.74) is 17.1. The van der Waals surface area contributed by atoms with Crippen LogP contribution in [0.3, 0.4) is 0 Å². The van der Waals surface area contributed by atoms with Gasteiger partial charge < -0.3 is 9.13 Å². The predicted molar refractivity (Wildman–Crippen MR) is 235 cm³/mol. The Morgan fingerprint density at radius 1 is 0.351 bits per heavy atom. The second-order valence-corrected chi connectivity index (χ2v) is 15.0. The van der Waals surface area contributed by atoms with E-state index in [1.54, 1.807) is 0 Å². The molecule has 0 saturated heterocycles. The first-order chi connectivity index (χ1) is 28.3. The minimum atomic E-state index is 0.750. The van der Waals surface area contributed by atoms with Crippen LogP contribution < -0.4 is 0 Å². The highest BCUT2D eigenvalue weighted by molar-refractivity contribution is 6.10. The van der Waals surface area contributed by atoms with Gasteiger partial charge in [-0.1, -0.05) is 152 Å². The molecule has 3 heterocycles. The third-order valence-corrected chi connectivity index (χ3v) is 11.7. The van der Waals surface area contributed by atoms with Gasteiger partial charge in [-0.05, 0) is 59.2 Å². The lowest BCUT2D eigenvalue weighted by Gasteiger charge is -2.16. The Kier molecular flexibility index (Phi) is 6.96. The molecular formula is C53H34N4. The second kappa shape index (κ2) is 12.5. The van der Waals surface area contributed by atoms with Crippen LogP contribution in [0.15, 0.2) is 194 Å². The van der Waals surface area contributed by atoms with Crippen molar-refractivity contribution >= 4 is 43.6 Å². The molecule has 4 nitrogen and oxygen atoms in total. The van der Waals surface area contributed by atoms with Crippen LogP contribution in [0.2, 0.25) is 0 Å². The number of benzene rings is 8. The third kappa shape index (κ3) is 4.94. The summed E-state index contributed by atoms with van der Waals surface area (Å²) in [4.78, 5) is 10.5. The van der Waals surface area contributed by atoms with E-state index in [0.717, 1.165) is 51.7 Å². The van der Waals surface area contributed by atoms with Crippen LogP contribution in [-0.2, 0) is 6.42 Å². The fraction of sp³-hybridized carbons (Fsp3) is 0.0189. The van der Waals surface area contributed by atoms with Crippen molar-refractivity contribution in [3.05, 3.63) is 205 Å². The molecule has 12 rings (SSSR count). The SMILES string of the molecule is c1ccc(-c2nc(-c3ccccc3)c3c(n2)-c2ccc(-c4cc(-n5c6ccccc6c6ccccc65)cc(-n5c6ccccc6c6ccccc65)c4)cc2C3)cc1. The Bertz CT molecular complexity index is 3130. The average Bonchev–Trinajstić information content (AvgIpc) is 3.94. The molecule has 1 aliphatic rings. The first kappa shape index (κ1) is 31.8. The summed E-state index contributed by atoms with van der Waals surface area (Å²) in [5, 5.41) is 4.99. The fourth-order valence-electron chi connectivity index (χ4n) is 9.19. The molecule has 0 spiro atoms. The molecule has 1 aliphatic carbocycles. The second-order valence-electron chi connectivity index (χ2n) is 15.0. The van der Waals surface area contributed by atoms with Gasteiger partial charge in [0.15, 0.2) is 5.82 Å². The van der Waals surface area contributed by atoms with Crippen LogP contribution >= 0.6 is 0 Å². The van der Waals surface area contributed by atoms with Gasteiger partial charge in [0.2, 0.25) is 0 Å². The van der Waals surface area contributed by atoms with Crippen LogP contribution in [0.25, 0.3) is 100 Å². The molecule has 0 N–H and O–H groups in total. The first-order valence-electron chi connectivity index (χ1n) is 19.5. The molecule has 11 aromatic rings. The minimum absolute atomic E-state index is 0.750. The number of aromatic nitrogens is 4. The lowest BCUT2D eigenvalue weighted by molar-refractivity contribution is 1.13. The zero-order valence-electron chi connectivity index (χ0n) is 31.0. The topological polar surface area (TPSA) is 35.6 Å². The molecule has 0 atom stereocenters. The van der Waals surface area contributed by atoms with E-state index >= 15 is 0 Å². The molecule has 0 aliphatic heterocycles. The van der Waals surface area contributed by atoms with Crippen LogP contribution in [-0.4, -0.2) is 19.1 Å². The maximum absolute atomic E-state index is 5.25. The smallest absolute Gasteiger partial charge is 0.160 e. The van der Waals surface area contributed by atoms with Crippen molar-refractivity contribution in [2.45, 2.75) is 6.42 Å². The summed E-state index contributed by atoms with van der Waals surface area (Å²) in [6.07, 6.45) is 0.768. The summed E-state index contributed by atoms with van der Waals surface area (Å²) >= 11 is 0. The molecule has 0 saturated carbocycles. The van der Waals surface area contributed by atoms with Gasteiger partial charge in [0.05, 0.1) is 33.5 Å². The van der Waals surface area contributed by atoms with Crippen LogP contribution in [0.5, 0.6) is 0 Å². The fourth-order valence-corrected chi connectivity index (χ4v) is 9.19. The van der Waals surface area contributed by atoms with E-state index in [2.05, 4.69) is 197 Å².